The van der Waals surface area contributed by atoms with E-state index in [0.29, 0.717) is 11.8 Å². The first kappa shape index (κ1) is 22.0. The van der Waals surface area contributed by atoms with Gasteiger partial charge in [0.2, 0.25) is 0 Å². The van der Waals surface area contributed by atoms with Gasteiger partial charge in [-0.25, -0.2) is 0 Å². The van der Waals surface area contributed by atoms with Crippen LogP contribution < -0.4 is 5.32 Å². The van der Waals surface area contributed by atoms with Crippen molar-refractivity contribution in [1.82, 2.24) is 10.3 Å². The van der Waals surface area contributed by atoms with E-state index in [0.717, 1.165) is 6.07 Å². The maximum absolute atomic E-state index is 12.7. The second kappa shape index (κ2) is 8.79. The van der Waals surface area contributed by atoms with E-state index in [1.807, 2.05) is 0 Å². The zero-order chi connectivity index (χ0) is 21.1. The van der Waals surface area contributed by atoms with Crippen LogP contribution in [0.5, 0.6) is 0 Å². The standard InChI is InChI=1S/C18H15Cl2F3N2O3/c1-9(4-15(26)27)7-25-17(28)12-5-10(2-3-13(12)19)16-14(20)6-11(8-24-16)18(21,22)23/h2-3,5-6,8-9H,4,7H2,1H3,(H,25,28)(H,26,27). The smallest absolute Gasteiger partial charge is 0.417 e. The Morgan fingerprint density at radius 3 is 2.46 bits per heavy atom. The number of aromatic nitrogens is 1. The fourth-order valence-corrected chi connectivity index (χ4v) is 2.86. The van der Waals surface area contributed by atoms with Crippen molar-refractivity contribution in [3.05, 3.63) is 51.6 Å². The van der Waals surface area contributed by atoms with Crippen LogP contribution in [0.4, 0.5) is 13.2 Å². The van der Waals surface area contributed by atoms with Crippen LogP contribution in [-0.2, 0) is 11.0 Å². The first-order chi connectivity index (χ1) is 13.0. The number of carbonyl (C=O) groups is 2. The fourth-order valence-electron chi connectivity index (χ4n) is 2.38. The predicted molar refractivity (Wildman–Crippen MR) is 98.4 cm³/mol. The summed E-state index contributed by atoms with van der Waals surface area (Å²) in [6.45, 7) is 1.78. The number of benzene rings is 1. The van der Waals surface area contributed by atoms with Crippen LogP contribution in [0.1, 0.15) is 29.3 Å². The third-order valence-electron chi connectivity index (χ3n) is 3.79. The molecule has 1 aromatic heterocycles. The van der Waals surface area contributed by atoms with Crippen molar-refractivity contribution >= 4 is 35.1 Å². The van der Waals surface area contributed by atoms with Gasteiger partial charge in [-0.05, 0) is 24.1 Å². The molecule has 2 aromatic rings. The molecule has 0 spiro atoms. The van der Waals surface area contributed by atoms with Gasteiger partial charge in [-0.1, -0.05) is 36.2 Å². The number of carboxylic acid groups (broad SMARTS) is 1. The summed E-state index contributed by atoms with van der Waals surface area (Å²) in [5.41, 5.74) is -0.536. The van der Waals surface area contributed by atoms with E-state index < -0.39 is 23.6 Å². The number of alkyl halides is 3. The molecule has 0 aliphatic heterocycles. The van der Waals surface area contributed by atoms with Gasteiger partial charge in [0.1, 0.15) is 0 Å². The molecular weight excluding hydrogens is 420 g/mol. The van der Waals surface area contributed by atoms with Crippen molar-refractivity contribution in [2.24, 2.45) is 5.92 Å². The minimum Gasteiger partial charge on any atom is -0.481 e. The van der Waals surface area contributed by atoms with Gasteiger partial charge in [0.25, 0.3) is 5.91 Å². The van der Waals surface area contributed by atoms with E-state index in [-0.39, 0.29) is 40.2 Å². The Hall–Kier alpha value is -2.32. The van der Waals surface area contributed by atoms with Crippen molar-refractivity contribution in [3.8, 4) is 11.3 Å². The van der Waals surface area contributed by atoms with Crippen LogP contribution in [0, 0.1) is 5.92 Å². The Balaban J connectivity index is 2.26. The Kier molecular flexibility index (Phi) is 6.90. The summed E-state index contributed by atoms with van der Waals surface area (Å²) in [6.07, 6.45) is -4.03. The molecule has 0 bridgehead atoms. The molecule has 0 fully saturated rings. The Labute approximate surface area is 168 Å². The summed E-state index contributed by atoms with van der Waals surface area (Å²) in [5.74, 6) is -1.83. The lowest BCUT2D eigenvalue weighted by Crippen LogP contribution is -2.29. The van der Waals surface area contributed by atoms with Crippen LogP contribution in [-0.4, -0.2) is 28.5 Å². The monoisotopic (exact) mass is 434 g/mol. The number of nitrogens with zero attached hydrogens (tertiary/aromatic N) is 1. The molecule has 1 unspecified atom stereocenters. The van der Waals surface area contributed by atoms with Crippen LogP contribution >= 0.6 is 23.2 Å². The number of carbonyl (C=O) groups excluding carboxylic acids is 1. The van der Waals surface area contributed by atoms with Crippen LogP contribution in [0.25, 0.3) is 11.3 Å². The molecule has 1 amide bonds. The lowest BCUT2D eigenvalue weighted by molar-refractivity contribution is -0.138. The number of carboxylic acids is 1. The van der Waals surface area contributed by atoms with Crippen molar-refractivity contribution < 1.29 is 27.9 Å². The number of nitrogens with one attached hydrogen (secondary N) is 1. The molecular formula is C18H15Cl2F3N2O3. The molecule has 1 heterocycles. The van der Waals surface area contributed by atoms with E-state index in [9.17, 15) is 22.8 Å². The van der Waals surface area contributed by atoms with Gasteiger partial charge in [-0.2, -0.15) is 13.2 Å². The Morgan fingerprint density at radius 1 is 1.21 bits per heavy atom. The summed E-state index contributed by atoms with van der Waals surface area (Å²) < 4.78 is 38.2. The molecule has 0 aliphatic rings. The van der Waals surface area contributed by atoms with Crippen molar-refractivity contribution in [3.63, 3.8) is 0 Å². The number of rotatable bonds is 6. The molecule has 2 rings (SSSR count). The largest absolute Gasteiger partial charge is 0.481 e. The summed E-state index contributed by atoms with van der Waals surface area (Å²) in [5, 5.41) is 11.2. The van der Waals surface area contributed by atoms with E-state index in [4.69, 9.17) is 28.3 Å². The van der Waals surface area contributed by atoms with Gasteiger partial charge in [-0.15, -0.1) is 0 Å². The summed E-state index contributed by atoms with van der Waals surface area (Å²) in [7, 11) is 0. The first-order valence-corrected chi connectivity index (χ1v) is 8.77. The van der Waals surface area contributed by atoms with E-state index >= 15 is 0 Å². The minimum atomic E-state index is -4.58. The number of amides is 1. The Bertz CT molecular complexity index is 904. The zero-order valence-electron chi connectivity index (χ0n) is 14.5. The SMILES string of the molecule is CC(CNC(=O)c1cc(-c2ncc(C(F)(F)F)cc2Cl)ccc1Cl)CC(=O)O. The van der Waals surface area contributed by atoms with Crippen LogP contribution in [0.2, 0.25) is 10.0 Å². The van der Waals surface area contributed by atoms with Gasteiger partial charge in [0, 0.05) is 24.7 Å². The third kappa shape index (κ3) is 5.59. The van der Waals surface area contributed by atoms with Gasteiger partial charge in [-0.3, -0.25) is 14.6 Å². The molecule has 0 radical (unpaired) electrons. The fraction of sp³-hybridized carbons (Fsp3) is 0.278. The molecule has 1 atom stereocenters. The highest BCUT2D eigenvalue weighted by Crippen LogP contribution is 2.34. The van der Waals surface area contributed by atoms with Gasteiger partial charge < -0.3 is 10.4 Å². The Morgan fingerprint density at radius 2 is 1.89 bits per heavy atom. The van der Waals surface area contributed by atoms with Gasteiger partial charge in [0.15, 0.2) is 0 Å². The third-order valence-corrected chi connectivity index (χ3v) is 4.40. The summed E-state index contributed by atoms with van der Waals surface area (Å²) >= 11 is 12.0. The van der Waals surface area contributed by atoms with Crippen molar-refractivity contribution in [2.45, 2.75) is 19.5 Å². The summed E-state index contributed by atoms with van der Waals surface area (Å²) in [4.78, 5) is 26.8. The van der Waals surface area contributed by atoms with Crippen molar-refractivity contribution in [1.29, 1.82) is 0 Å². The van der Waals surface area contributed by atoms with Gasteiger partial charge >= 0.3 is 12.1 Å². The minimum absolute atomic E-state index is 0.0689. The topological polar surface area (TPSA) is 79.3 Å². The van der Waals surface area contributed by atoms with E-state index in [2.05, 4.69) is 10.3 Å². The normalized spacial score (nSPS) is 12.5. The van der Waals surface area contributed by atoms with Gasteiger partial charge in [0.05, 0.1) is 26.9 Å². The van der Waals surface area contributed by atoms with E-state index in [1.165, 1.54) is 18.2 Å². The van der Waals surface area contributed by atoms with Crippen molar-refractivity contribution in [2.75, 3.05) is 6.54 Å². The maximum atomic E-state index is 12.7. The number of aliphatic carboxylic acids is 1. The zero-order valence-corrected chi connectivity index (χ0v) is 16.0. The predicted octanol–water partition coefficient (Wildman–Crippen LogP) is 4.91. The second-order valence-corrected chi connectivity index (χ2v) is 6.97. The highest BCUT2D eigenvalue weighted by atomic mass is 35.5. The summed E-state index contributed by atoms with van der Waals surface area (Å²) in [6, 6.07) is 5.00. The quantitative estimate of drug-likeness (QED) is 0.676. The van der Waals surface area contributed by atoms with Crippen LogP contribution in [0.15, 0.2) is 30.5 Å². The number of hydrogen-bond donors (Lipinski definition) is 2. The number of pyridine rings is 1. The van der Waals surface area contributed by atoms with Crippen LogP contribution in [0.3, 0.4) is 0 Å². The highest BCUT2D eigenvalue weighted by molar-refractivity contribution is 6.34. The molecule has 1 aromatic carbocycles. The average Bonchev–Trinajstić information content (AvgIpc) is 2.59. The molecule has 5 nitrogen and oxygen atoms in total. The molecule has 0 saturated heterocycles. The molecule has 2 N–H and O–H groups in total. The second-order valence-electron chi connectivity index (χ2n) is 6.16. The lowest BCUT2D eigenvalue weighted by Gasteiger charge is -2.13. The van der Waals surface area contributed by atoms with E-state index in [1.54, 1.807) is 6.92 Å². The molecule has 0 aliphatic carbocycles. The average molecular weight is 435 g/mol. The first-order valence-electron chi connectivity index (χ1n) is 8.01. The maximum Gasteiger partial charge on any atom is 0.417 e. The molecule has 10 heteroatoms. The lowest BCUT2D eigenvalue weighted by atomic mass is 10.1. The molecule has 150 valence electrons. The number of hydrogen-bond acceptors (Lipinski definition) is 3. The molecule has 28 heavy (non-hydrogen) atoms. The highest BCUT2D eigenvalue weighted by Gasteiger charge is 2.31. The molecule has 0 saturated carbocycles. The number of halogens is 5.